The van der Waals surface area contributed by atoms with Crippen molar-refractivity contribution in [3.05, 3.63) is 29.3 Å². The molecule has 0 spiro atoms. The number of carbonyl (C=O) groups excluding carboxylic acids is 1. The highest BCUT2D eigenvalue weighted by Crippen LogP contribution is 2.30. The minimum absolute atomic E-state index is 0.0785. The Morgan fingerprint density at radius 3 is 3.06 bits per heavy atom. The molecule has 1 atom stereocenters. The Morgan fingerprint density at radius 1 is 1.50 bits per heavy atom. The summed E-state index contributed by atoms with van der Waals surface area (Å²) in [5, 5.41) is 0. The average molecular weight is 220 g/mol. The molecule has 1 amide bonds. The normalized spacial score (nSPS) is 18.9. The molecule has 4 N–H and O–H groups in total. The summed E-state index contributed by atoms with van der Waals surface area (Å²) in [5.74, 6) is 0.223. The third kappa shape index (κ3) is 2.33. The summed E-state index contributed by atoms with van der Waals surface area (Å²) in [5.41, 5.74) is 13.4. The highest BCUT2D eigenvalue weighted by molar-refractivity contribution is 5.75. The number of carbonyl (C=O) groups is 1. The van der Waals surface area contributed by atoms with Crippen molar-refractivity contribution in [3.63, 3.8) is 0 Å². The lowest BCUT2D eigenvalue weighted by Crippen LogP contribution is -2.20. The van der Waals surface area contributed by atoms with Crippen LogP contribution < -0.4 is 16.2 Å². The van der Waals surface area contributed by atoms with E-state index >= 15 is 0 Å². The maximum atomic E-state index is 10.6. The highest BCUT2D eigenvalue weighted by atomic mass is 16.5. The van der Waals surface area contributed by atoms with Gasteiger partial charge in [-0.1, -0.05) is 6.07 Å². The highest BCUT2D eigenvalue weighted by Gasteiger charge is 2.16. The Balaban J connectivity index is 2.15. The van der Waals surface area contributed by atoms with E-state index in [1.54, 1.807) is 0 Å². The summed E-state index contributed by atoms with van der Waals surface area (Å²) in [6.07, 6.45) is 3.17. The standard InChI is InChI=1S/C12H16N2O2/c13-11-3-1-2-8-6-9(4-5-10(8)11)16-7-12(14)15/h4-6,11H,1-3,7,13H2,(H2,14,15). The first-order valence-electron chi connectivity index (χ1n) is 5.46. The first-order chi connectivity index (χ1) is 7.66. The molecule has 1 aromatic carbocycles. The second kappa shape index (κ2) is 4.53. The number of hydrogen-bond acceptors (Lipinski definition) is 3. The Kier molecular flexibility index (Phi) is 3.10. The van der Waals surface area contributed by atoms with Crippen molar-refractivity contribution in [1.82, 2.24) is 0 Å². The van der Waals surface area contributed by atoms with Gasteiger partial charge in [0.25, 0.3) is 5.91 Å². The SMILES string of the molecule is NC(=O)COc1ccc2c(c1)CCCC2N. The first-order valence-corrected chi connectivity index (χ1v) is 5.46. The molecule has 0 saturated heterocycles. The fraction of sp³-hybridized carbons (Fsp3) is 0.417. The van der Waals surface area contributed by atoms with Gasteiger partial charge in [-0.3, -0.25) is 4.79 Å². The van der Waals surface area contributed by atoms with E-state index in [-0.39, 0.29) is 12.6 Å². The summed E-state index contributed by atoms with van der Waals surface area (Å²) in [7, 11) is 0. The van der Waals surface area contributed by atoms with Crippen LogP contribution in [0, 0.1) is 0 Å². The molecule has 1 unspecified atom stereocenters. The summed E-state index contributed by atoms with van der Waals surface area (Å²) in [6, 6.07) is 5.91. The van der Waals surface area contributed by atoms with Crippen LogP contribution in [-0.2, 0) is 11.2 Å². The zero-order valence-electron chi connectivity index (χ0n) is 9.11. The molecule has 16 heavy (non-hydrogen) atoms. The lowest BCUT2D eigenvalue weighted by molar-refractivity contribution is -0.119. The van der Waals surface area contributed by atoms with Crippen LogP contribution in [0.5, 0.6) is 5.75 Å². The second-order valence-corrected chi connectivity index (χ2v) is 4.11. The van der Waals surface area contributed by atoms with Gasteiger partial charge >= 0.3 is 0 Å². The van der Waals surface area contributed by atoms with Crippen molar-refractivity contribution in [2.45, 2.75) is 25.3 Å². The van der Waals surface area contributed by atoms with Crippen molar-refractivity contribution in [2.75, 3.05) is 6.61 Å². The molecular weight excluding hydrogens is 204 g/mol. The molecular formula is C12H16N2O2. The minimum atomic E-state index is -0.463. The van der Waals surface area contributed by atoms with Gasteiger partial charge in [0.2, 0.25) is 0 Å². The van der Waals surface area contributed by atoms with E-state index in [2.05, 4.69) is 0 Å². The number of aryl methyl sites for hydroxylation is 1. The van der Waals surface area contributed by atoms with Gasteiger partial charge in [-0.25, -0.2) is 0 Å². The third-order valence-electron chi connectivity index (χ3n) is 2.86. The van der Waals surface area contributed by atoms with Crippen LogP contribution in [-0.4, -0.2) is 12.5 Å². The third-order valence-corrected chi connectivity index (χ3v) is 2.86. The molecule has 0 radical (unpaired) electrons. The van der Waals surface area contributed by atoms with Crippen molar-refractivity contribution >= 4 is 5.91 Å². The second-order valence-electron chi connectivity index (χ2n) is 4.11. The van der Waals surface area contributed by atoms with Gasteiger partial charge in [-0.05, 0) is 42.5 Å². The van der Waals surface area contributed by atoms with Gasteiger partial charge in [-0.15, -0.1) is 0 Å². The van der Waals surface area contributed by atoms with E-state index in [4.69, 9.17) is 16.2 Å². The molecule has 2 rings (SSSR count). The quantitative estimate of drug-likeness (QED) is 0.794. The number of nitrogens with two attached hydrogens (primary N) is 2. The topological polar surface area (TPSA) is 78.3 Å². The maximum absolute atomic E-state index is 10.6. The van der Waals surface area contributed by atoms with Crippen LogP contribution in [0.25, 0.3) is 0 Å². The number of rotatable bonds is 3. The van der Waals surface area contributed by atoms with Crippen LogP contribution in [0.15, 0.2) is 18.2 Å². The summed E-state index contributed by atoms with van der Waals surface area (Å²) in [4.78, 5) is 10.6. The fourth-order valence-electron chi connectivity index (χ4n) is 2.07. The number of primary amides is 1. The fourth-order valence-corrected chi connectivity index (χ4v) is 2.07. The lowest BCUT2D eigenvalue weighted by Gasteiger charge is -2.22. The zero-order valence-corrected chi connectivity index (χ0v) is 9.11. The Hall–Kier alpha value is -1.55. The van der Waals surface area contributed by atoms with Crippen LogP contribution in [0.1, 0.15) is 30.0 Å². The van der Waals surface area contributed by atoms with Gasteiger partial charge in [0, 0.05) is 6.04 Å². The number of fused-ring (bicyclic) bond motifs is 1. The molecule has 0 fully saturated rings. The van der Waals surface area contributed by atoms with E-state index in [9.17, 15) is 4.79 Å². The van der Waals surface area contributed by atoms with Gasteiger partial charge in [0.1, 0.15) is 5.75 Å². The van der Waals surface area contributed by atoms with E-state index in [1.165, 1.54) is 11.1 Å². The van der Waals surface area contributed by atoms with Gasteiger partial charge in [-0.2, -0.15) is 0 Å². The molecule has 4 heteroatoms. The van der Waals surface area contributed by atoms with E-state index in [1.807, 2.05) is 18.2 Å². The monoisotopic (exact) mass is 220 g/mol. The Bertz CT molecular complexity index is 404. The van der Waals surface area contributed by atoms with Crippen molar-refractivity contribution in [1.29, 1.82) is 0 Å². The van der Waals surface area contributed by atoms with Gasteiger partial charge in [0.05, 0.1) is 0 Å². The average Bonchev–Trinajstić information content (AvgIpc) is 2.26. The maximum Gasteiger partial charge on any atom is 0.255 e. The molecule has 86 valence electrons. The molecule has 1 aliphatic rings. The van der Waals surface area contributed by atoms with Crippen LogP contribution in [0.2, 0.25) is 0 Å². The predicted octanol–water partition coefficient (Wildman–Crippen LogP) is 0.887. The molecule has 1 aromatic rings. The van der Waals surface area contributed by atoms with Crippen LogP contribution in [0.3, 0.4) is 0 Å². The molecule has 1 aliphatic carbocycles. The van der Waals surface area contributed by atoms with Gasteiger partial charge in [0.15, 0.2) is 6.61 Å². The molecule has 0 heterocycles. The Morgan fingerprint density at radius 2 is 2.31 bits per heavy atom. The number of amides is 1. The van der Waals surface area contributed by atoms with E-state index in [0.29, 0.717) is 5.75 Å². The summed E-state index contributed by atoms with van der Waals surface area (Å²) < 4.78 is 5.25. The zero-order chi connectivity index (χ0) is 11.5. The molecule has 0 aromatic heterocycles. The smallest absolute Gasteiger partial charge is 0.255 e. The number of hydrogen-bond donors (Lipinski definition) is 2. The van der Waals surface area contributed by atoms with Crippen molar-refractivity contribution < 1.29 is 9.53 Å². The number of ether oxygens (including phenoxy) is 1. The van der Waals surface area contributed by atoms with Gasteiger partial charge < -0.3 is 16.2 Å². The molecule has 0 saturated carbocycles. The van der Waals surface area contributed by atoms with E-state index < -0.39 is 5.91 Å². The van der Waals surface area contributed by atoms with Crippen molar-refractivity contribution in [2.24, 2.45) is 11.5 Å². The first kappa shape index (κ1) is 11.0. The largest absolute Gasteiger partial charge is 0.484 e. The summed E-state index contributed by atoms with van der Waals surface area (Å²) >= 11 is 0. The molecule has 0 aliphatic heterocycles. The molecule has 4 nitrogen and oxygen atoms in total. The predicted molar refractivity (Wildman–Crippen MR) is 61.0 cm³/mol. The number of benzene rings is 1. The van der Waals surface area contributed by atoms with Crippen molar-refractivity contribution in [3.8, 4) is 5.75 Å². The summed E-state index contributed by atoms with van der Waals surface area (Å²) in [6.45, 7) is -0.0785. The lowest BCUT2D eigenvalue weighted by atomic mass is 9.88. The van der Waals surface area contributed by atoms with E-state index in [0.717, 1.165) is 19.3 Å². The van der Waals surface area contributed by atoms with Crippen LogP contribution >= 0.6 is 0 Å². The van der Waals surface area contributed by atoms with Crippen LogP contribution in [0.4, 0.5) is 0 Å². The minimum Gasteiger partial charge on any atom is -0.484 e. The Labute approximate surface area is 94.6 Å². The molecule has 0 bridgehead atoms.